The van der Waals surface area contributed by atoms with Crippen LogP contribution in [0.4, 0.5) is 0 Å². The maximum atomic E-state index is 12.3. The van der Waals surface area contributed by atoms with Crippen LogP contribution in [0.3, 0.4) is 0 Å². The van der Waals surface area contributed by atoms with Gasteiger partial charge in [0.2, 0.25) is 0 Å². The Morgan fingerprint density at radius 1 is 1.71 bits per heavy atom. The lowest BCUT2D eigenvalue weighted by Crippen LogP contribution is -2.32. The van der Waals surface area contributed by atoms with Gasteiger partial charge in [-0.3, -0.25) is 4.79 Å². The van der Waals surface area contributed by atoms with E-state index >= 15 is 0 Å². The summed E-state index contributed by atoms with van der Waals surface area (Å²) in [5.74, 6) is 1.16. The molecule has 4 nitrogen and oxygen atoms in total. The molecule has 17 heavy (non-hydrogen) atoms. The molecule has 2 heterocycles. The number of methoxy groups -OCH3 is 1. The molecule has 1 fully saturated rings. The van der Waals surface area contributed by atoms with Crippen molar-refractivity contribution in [2.75, 3.05) is 20.2 Å². The van der Waals surface area contributed by atoms with E-state index in [4.69, 9.17) is 10.5 Å². The van der Waals surface area contributed by atoms with Crippen molar-refractivity contribution >= 4 is 17.2 Å². The topological polar surface area (TPSA) is 55.6 Å². The summed E-state index contributed by atoms with van der Waals surface area (Å²) in [5, 5.41) is 1.88. The number of nitrogens with zero attached hydrogens (tertiary/aromatic N) is 1. The molecule has 0 radical (unpaired) electrons. The predicted molar refractivity (Wildman–Crippen MR) is 68.5 cm³/mol. The van der Waals surface area contributed by atoms with E-state index in [9.17, 15) is 4.79 Å². The average Bonchev–Trinajstić information content (AvgIpc) is 2.96. The van der Waals surface area contributed by atoms with E-state index in [1.54, 1.807) is 7.11 Å². The first-order valence-electron chi connectivity index (χ1n) is 5.79. The fourth-order valence-electron chi connectivity index (χ4n) is 2.16. The largest absolute Gasteiger partial charge is 0.495 e. The molecular weight excluding hydrogens is 236 g/mol. The van der Waals surface area contributed by atoms with Gasteiger partial charge in [0.25, 0.3) is 5.91 Å². The number of hydrogen-bond donors (Lipinski definition) is 1. The van der Waals surface area contributed by atoms with Gasteiger partial charge in [0.1, 0.15) is 10.6 Å². The van der Waals surface area contributed by atoms with Crippen molar-refractivity contribution in [1.82, 2.24) is 4.90 Å². The summed E-state index contributed by atoms with van der Waals surface area (Å²) in [5.41, 5.74) is 5.87. The molecule has 1 aromatic heterocycles. The van der Waals surface area contributed by atoms with Gasteiger partial charge in [-0.05, 0) is 30.7 Å². The SMILES string of the molecule is COc1ccsc1C(=O)N1CCC(C(C)N)C1. The van der Waals surface area contributed by atoms with E-state index in [-0.39, 0.29) is 11.9 Å². The Morgan fingerprint density at radius 2 is 2.47 bits per heavy atom. The average molecular weight is 254 g/mol. The number of thiophene rings is 1. The number of carbonyl (C=O) groups excluding carboxylic acids is 1. The maximum absolute atomic E-state index is 12.3. The van der Waals surface area contributed by atoms with Gasteiger partial charge in [-0.15, -0.1) is 11.3 Å². The summed E-state index contributed by atoms with van der Waals surface area (Å²) >= 11 is 1.43. The molecule has 1 amide bonds. The van der Waals surface area contributed by atoms with Crippen molar-refractivity contribution in [2.24, 2.45) is 11.7 Å². The first-order valence-corrected chi connectivity index (χ1v) is 6.67. The Hall–Kier alpha value is -1.07. The van der Waals surface area contributed by atoms with Crippen LogP contribution in [-0.4, -0.2) is 37.0 Å². The Labute approximate surface area is 105 Å². The Bertz CT molecular complexity index is 403. The molecule has 94 valence electrons. The Balaban J connectivity index is 2.07. The molecule has 1 aliphatic heterocycles. The smallest absolute Gasteiger partial charge is 0.267 e. The van der Waals surface area contributed by atoms with Gasteiger partial charge in [0.05, 0.1) is 7.11 Å². The molecule has 2 rings (SSSR count). The van der Waals surface area contributed by atoms with E-state index in [0.29, 0.717) is 16.5 Å². The number of carbonyl (C=O) groups is 1. The first kappa shape index (κ1) is 12.4. The second kappa shape index (κ2) is 5.06. The highest BCUT2D eigenvalue weighted by atomic mass is 32.1. The number of nitrogens with two attached hydrogens (primary N) is 1. The molecule has 0 bridgehead atoms. The van der Waals surface area contributed by atoms with Crippen molar-refractivity contribution in [2.45, 2.75) is 19.4 Å². The van der Waals surface area contributed by atoms with Crippen molar-refractivity contribution < 1.29 is 9.53 Å². The van der Waals surface area contributed by atoms with Gasteiger partial charge in [0, 0.05) is 19.1 Å². The molecule has 1 aromatic rings. The minimum absolute atomic E-state index is 0.0694. The van der Waals surface area contributed by atoms with E-state index < -0.39 is 0 Å². The standard InChI is InChI=1S/C12H18N2O2S/c1-8(13)9-3-5-14(7-9)12(15)11-10(16-2)4-6-17-11/h4,6,8-9H,3,5,7,13H2,1-2H3. The van der Waals surface area contributed by atoms with Crippen molar-refractivity contribution in [3.05, 3.63) is 16.3 Å². The summed E-state index contributed by atoms with van der Waals surface area (Å²) in [4.78, 5) is 14.8. The van der Waals surface area contributed by atoms with Crippen molar-refractivity contribution in [3.8, 4) is 5.75 Å². The summed E-state index contributed by atoms with van der Waals surface area (Å²) in [6, 6.07) is 1.98. The van der Waals surface area contributed by atoms with Crippen LogP contribution in [0.1, 0.15) is 23.0 Å². The summed E-state index contributed by atoms with van der Waals surface area (Å²) < 4.78 is 5.18. The maximum Gasteiger partial charge on any atom is 0.267 e. The number of rotatable bonds is 3. The lowest BCUT2D eigenvalue weighted by Gasteiger charge is -2.17. The monoisotopic (exact) mass is 254 g/mol. The van der Waals surface area contributed by atoms with E-state index in [2.05, 4.69) is 0 Å². The summed E-state index contributed by atoms with van der Waals surface area (Å²) in [6.45, 7) is 3.56. The lowest BCUT2D eigenvalue weighted by atomic mass is 10.0. The minimum Gasteiger partial charge on any atom is -0.495 e. The van der Waals surface area contributed by atoms with Gasteiger partial charge in [-0.2, -0.15) is 0 Å². The van der Waals surface area contributed by atoms with Crippen LogP contribution in [0.15, 0.2) is 11.4 Å². The van der Waals surface area contributed by atoms with Crippen LogP contribution in [0.5, 0.6) is 5.75 Å². The van der Waals surface area contributed by atoms with Crippen molar-refractivity contribution in [1.29, 1.82) is 0 Å². The summed E-state index contributed by atoms with van der Waals surface area (Å²) in [7, 11) is 1.59. The zero-order chi connectivity index (χ0) is 12.4. The lowest BCUT2D eigenvalue weighted by molar-refractivity contribution is 0.0788. The zero-order valence-electron chi connectivity index (χ0n) is 10.2. The fraction of sp³-hybridized carbons (Fsp3) is 0.583. The molecule has 1 saturated heterocycles. The Kier molecular flexibility index (Phi) is 3.69. The number of ether oxygens (including phenoxy) is 1. The van der Waals surface area contributed by atoms with Crippen LogP contribution in [0.25, 0.3) is 0 Å². The second-order valence-corrected chi connectivity index (χ2v) is 5.39. The highest BCUT2D eigenvalue weighted by Crippen LogP contribution is 2.28. The molecule has 0 aliphatic carbocycles. The zero-order valence-corrected chi connectivity index (χ0v) is 11.0. The van der Waals surface area contributed by atoms with Gasteiger partial charge >= 0.3 is 0 Å². The number of hydrogen-bond acceptors (Lipinski definition) is 4. The van der Waals surface area contributed by atoms with Crippen LogP contribution >= 0.6 is 11.3 Å². The molecule has 0 saturated carbocycles. The number of amides is 1. The van der Waals surface area contributed by atoms with E-state index in [1.165, 1.54) is 11.3 Å². The Morgan fingerprint density at radius 3 is 3.06 bits per heavy atom. The third kappa shape index (κ3) is 2.45. The highest BCUT2D eigenvalue weighted by Gasteiger charge is 2.30. The van der Waals surface area contributed by atoms with Gasteiger partial charge in [0.15, 0.2) is 0 Å². The van der Waals surface area contributed by atoms with Crippen molar-refractivity contribution in [3.63, 3.8) is 0 Å². The highest BCUT2D eigenvalue weighted by molar-refractivity contribution is 7.12. The van der Waals surface area contributed by atoms with Crippen LogP contribution in [-0.2, 0) is 0 Å². The normalized spacial score (nSPS) is 21.6. The molecule has 0 spiro atoms. The quantitative estimate of drug-likeness (QED) is 0.890. The van der Waals surface area contributed by atoms with Gasteiger partial charge < -0.3 is 15.4 Å². The van der Waals surface area contributed by atoms with E-state index in [1.807, 2.05) is 23.3 Å². The molecule has 1 aliphatic rings. The predicted octanol–water partition coefficient (Wildman–Crippen LogP) is 1.57. The van der Waals surface area contributed by atoms with Crippen LogP contribution in [0, 0.1) is 5.92 Å². The molecule has 0 aromatic carbocycles. The molecular formula is C12H18N2O2S. The second-order valence-electron chi connectivity index (χ2n) is 4.48. The van der Waals surface area contributed by atoms with Crippen LogP contribution in [0.2, 0.25) is 0 Å². The van der Waals surface area contributed by atoms with E-state index in [0.717, 1.165) is 19.5 Å². The molecule has 2 atom stereocenters. The third-order valence-electron chi connectivity index (χ3n) is 3.30. The van der Waals surface area contributed by atoms with Gasteiger partial charge in [-0.25, -0.2) is 0 Å². The third-order valence-corrected chi connectivity index (χ3v) is 4.18. The molecule has 2 N–H and O–H groups in total. The van der Waals surface area contributed by atoms with Gasteiger partial charge in [-0.1, -0.05) is 0 Å². The van der Waals surface area contributed by atoms with Crippen LogP contribution < -0.4 is 10.5 Å². The fourth-order valence-corrected chi connectivity index (χ4v) is 2.98. The molecule has 5 heteroatoms. The minimum atomic E-state index is 0.0694. The summed E-state index contributed by atoms with van der Waals surface area (Å²) in [6.07, 6.45) is 0.997. The number of likely N-dealkylation sites (tertiary alicyclic amines) is 1. The molecule has 2 unspecified atom stereocenters. The first-order chi connectivity index (χ1) is 8.13.